The van der Waals surface area contributed by atoms with Crippen LogP contribution in [0.1, 0.15) is 5.69 Å². The van der Waals surface area contributed by atoms with E-state index in [1.807, 2.05) is 11.4 Å². The van der Waals surface area contributed by atoms with Gasteiger partial charge in [-0.1, -0.05) is 0 Å². The van der Waals surface area contributed by atoms with Gasteiger partial charge in [0.05, 0.1) is 31.5 Å². The predicted octanol–water partition coefficient (Wildman–Crippen LogP) is 1.26. The van der Waals surface area contributed by atoms with Crippen LogP contribution in [-0.2, 0) is 20.7 Å². The summed E-state index contributed by atoms with van der Waals surface area (Å²) in [5, 5.41) is 11.6. The van der Waals surface area contributed by atoms with Gasteiger partial charge in [0.25, 0.3) is 0 Å². The molecule has 1 unspecified atom stereocenters. The maximum absolute atomic E-state index is 12.3. The summed E-state index contributed by atoms with van der Waals surface area (Å²) in [7, 11) is 0. The van der Waals surface area contributed by atoms with E-state index in [2.05, 4.69) is 4.98 Å². The molecule has 1 amide bonds. The Morgan fingerprint density at radius 3 is 3.09 bits per heavy atom. The van der Waals surface area contributed by atoms with Crippen molar-refractivity contribution in [2.24, 2.45) is 0 Å². The molecule has 1 fully saturated rings. The van der Waals surface area contributed by atoms with Crippen molar-refractivity contribution in [3.05, 3.63) is 29.7 Å². The molecule has 1 N–H and O–H groups in total. The normalized spacial score (nSPS) is 18.4. The third-order valence-electron chi connectivity index (χ3n) is 3.35. The number of ether oxygens (including phenoxy) is 1. The number of thiazole rings is 1. The standard InChI is InChI=1S/C14H14N2O5S/c17-12(16-2-4-21-11(6-16)14(18)19)5-10-8-22-13(15-10)9-1-3-20-7-9/h1,3,7-8,11H,2,4-6H2,(H,18,19). The fraction of sp³-hybridized carbons (Fsp3) is 0.357. The molecule has 0 aromatic carbocycles. The average molecular weight is 322 g/mol. The molecule has 7 nitrogen and oxygen atoms in total. The lowest BCUT2D eigenvalue weighted by Crippen LogP contribution is -2.49. The van der Waals surface area contributed by atoms with Gasteiger partial charge in [-0.3, -0.25) is 4.79 Å². The Morgan fingerprint density at radius 2 is 2.36 bits per heavy atom. The third-order valence-corrected chi connectivity index (χ3v) is 4.29. The van der Waals surface area contributed by atoms with Crippen LogP contribution in [0.2, 0.25) is 0 Å². The molecule has 1 atom stereocenters. The van der Waals surface area contributed by atoms with Crippen molar-refractivity contribution in [1.82, 2.24) is 9.88 Å². The summed E-state index contributed by atoms with van der Waals surface area (Å²) in [5.74, 6) is -1.19. The van der Waals surface area contributed by atoms with E-state index in [9.17, 15) is 9.59 Å². The fourth-order valence-electron chi connectivity index (χ4n) is 2.20. The van der Waals surface area contributed by atoms with Crippen molar-refractivity contribution < 1.29 is 23.8 Å². The Hall–Kier alpha value is -2.19. The molecule has 2 aromatic heterocycles. The number of nitrogens with zero attached hydrogens (tertiary/aromatic N) is 2. The molecular formula is C14H14N2O5S. The summed E-state index contributed by atoms with van der Waals surface area (Å²) >= 11 is 1.44. The highest BCUT2D eigenvalue weighted by Crippen LogP contribution is 2.24. The van der Waals surface area contributed by atoms with Crippen molar-refractivity contribution in [3.8, 4) is 10.6 Å². The largest absolute Gasteiger partial charge is 0.479 e. The van der Waals surface area contributed by atoms with Crippen LogP contribution in [0.5, 0.6) is 0 Å². The summed E-state index contributed by atoms with van der Waals surface area (Å²) < 4.78 is 10.1. The predicted molar refractivity (Wildman–Crippen MR) is 77.5 cm³/mol. The molecule has 3 rings (SSSR count). The van der Waals surface area contributed by atoms with Crippen LogP contribution in [0, 0.1) is 0 Å². The van der Waals surface area contributed by atoms with Gasteiger partial charge in [0.15, 0.2) is 6.10 Å². The number of furan rings is 1. The minimum absolute atomic E-state index is 0.0763. The summed E-state index contributed by atoms with van der Waals surface area (Å²) in [6.45, 7) is 0.717. The first-order chi connectivity index (χ1) is 10.6. The SMILES string of the molecule is O=C(O)C1CN(C(=O)Cc2csc(-c3ccoc3)n2)CCO1. The molecule has 1 saturated heterocycles. The van der Waals surface area contributed by atoms with Gasteiger partial charge in [0.2, 0.25) is 5.91 Å². The molecule has 1 aliphatic heterocycles. The topological polar surface area (TPSA) is 92.9 Å². The number of aliphatic carboxylic acids is 1. The summed E-state index contributed by atoms with van der Waals surface area (Å²) in [4.78, 5) is 29.1. The van der Waals surface area contributed by atoms with Crippen LogP contribution >= 0.6 is 11.3 Å². The minimum atomic E-state index is -1.05. The lowest BCUT2D eigenvalue weighted by atomic mass is 10.2. The van der Waals surface area contributed by atoms with Crippen molar-refractivity contribution in [2.45, 2.75) is 12.5 Å². The first-order valence-electron chi connectivity index (χ1n) is 6.72. The Balaban J connectivity index is 1.63. The number of aromatic nitrogens is 1. The molecule has 0 spiro atoms. The second kappa shape index (κ2) is 6.29. The Kier molecular flexibility index (Phi) is 4.21. The third kappa shape index (κ3) is 3.18. The maximum atomic E-state index is 12.3. The molecular weight excluding hydrogens is 308 g/mol. The van der Waals surface area contributed by atoms with Crippen molar-refractivity contribution in [1.29, 1.82) is 0 Å². The first-order valence-corrected chi connectivity index (χ1v) is 7.60. The van der Waals surface area contributed by atoms with E-state index < -0.39 is 12.1 Å². The van der Waals surface area contributed by atoms with Gasteiger partial charge in [0.1, 0.15) is 11.3 Å². The van der Waals surface area contributed by atoms with Crippen LogP contribution in [-0.4, -0.2) is 52.7 Å². The molecule has 1 aliphatic rings. The van der Waals surface area contributed by atoms with Gasteiger partial charge in [-0.05, 0) is 6.07 Å². The lowest BCUT2D eigenvalue weighted by molar-refractivity contribution is -0.159. The Bertz CT molecular complexity index is 667. The number of carbonyl (C=O) groups is 2. The van der Waals surface area contributed by atoms with Crippen molar-refractivity contribution in [2.75, 3.05) is 19.7 Å². The second-order valence-electron chi connectivity index (χ2n) is 4.87. The van der Waals surface area contributed by atoms with Crippen LogP contribution in [0.25, 0.3) is 10.6 Å². The highest BCUT2D eigenvalue weighted by Gasteiger charge is 2.29. The van der Waals surface area contributed by atoms with E-state index in [0.29, 0.717) is 12.2 Å². The van der Waals surface area contributed by atoms with Gasteiger partial charge in [-0.25, -0.2) is 9.78 Å². The van der Waals surface area contributed by atoms with Crippen molar-refractivity contribution in [3.63, 3.8) is 0 Å². The van der Waals surface area contributed by atoms with Crippen LogP contribution in [0.15, 0.2) is 28.4 Å². The molecule has 116 valence electrons. The Labute approximate surface area is 130 Å². The van der Waals surface area contributed by atoms with Gasteiger partial charge in [-0.2, -0.15) is 0 Å². The fourth-order valence-corrected chi connectivity index (χ4v) is 3.00. The number of hydrogen-bond acceptors (Lipinski definition) is 6. The Morgan fingerprint density at radius 1 is 1.50 bits per heavy atom. The molecule has 0 bridgehead atoms. The zero-order valence-corrected chi connectivity index (χ0v) is 12.4. The lowest BCUT2D eigenvalue weighted by Gasteiger charge is -2.30. The first kappa shape index (κ1) is 14.7. The van der Waals surface area contributed by atoms with Crippen molar-refractivity contribution >= 4 is 23.2 Å². The molecule has 0 saturated carbocycles. The van der Waals surface area contributed by atoms with Crippen LogP contribution in [0.3, 0.4) is 0 Å². The monoisotopic (exact) mass is 322 g/mol. The highest BCUT2D eigenvalue weighted by molar-refractivity contribution is 7.13. The molecule has 22 heavy (non-hydrogen) atoms. The summed E-state index contributed by atoms with van der Waals surface area (Å²) in [6.07, 6.45) is 2.38. The molecule has 2 aromatic rings. The van der Waals surface area contributed by atoms with E-state index in [4.69, 9.17) is 14.3 Å². The average Bonchev–Trinajstić information content (AvgIpc) is 3.18. The number of amides is 1. The van der Waals surface area contributed by atoms with E-state index >= 15 is 0 Å². The van der Waals surface area contributed by atoms with Crippen LogP contribution < -0.4 is 0 Å². The van der Waals surface area contributed by atoms with E-state index in [1.54, 1.807) is 12.5 Å². The van der Waals surface area contributed by atoms with Crippen LogP contribution in [0.4, 0.5) is 0 Å². The minimum Gasteiger partial charge on any atom is -0.479 e. The quantitative estimate of drug-likeness (QED) is 0.911. The highest BCUT2D eigenvalue weighted by atomic mass is 32.1. The van der Waals surface area contributed by atoms with Gasteiger partial charge in [-0.15, -0.1) is 11.3 Å². The molecule has 0 radical (unpaired) electrons. The summed E-state index contributed by atoms with van der Waals surface area (Å²) in [6, 6.07) is 1.81. The number of rotatable bonds is 4. The zero-order chi connectivity index (χ0) is 15.5. The number of hydrogen-bond donors (Lipinski definition) is 1. The van der Waals surface area contributed by atoms with E-state index in [0.717, 1.165) is 10.6 Å². The summed E-state index contributed by atoms with van der Waals surface area (Å²) in [5.41, 5.74) is 1.55. The zero-order valence-electron chi connectivity index (χ0n) is 11.6. The van der Waals surface area contributed by atoms with E-state index in [1.165, 1.54) is 16.2 Å². The number of carbonyl (C=O) groups excluding carboxylic acids is 1. The maximum Gasteiger partial charge on any atom is 0.334 e. The second-order valence-corrected chi connectivity index (χ2v) is 5.73. The number of carboxylic acids is 1. The molecule has 8 heteroatoms. The smallest absolute Gasteiger partial charge is 0.334 e. The molecule has 0 aliphatic carbocycles. The van der Waals surface area contributed by atoms with Gasteiger partial charge in [0, 0.05) is 17.5 Å². The number of morpholine rings is 1. The number of carboxylic acid groups (broad SMARTS) is 1. The van der Waals surface area contributed by atoms with E-state index in [-0.39, 0.29) is 25.5 Å². The molecule has 3 heterocycles. The van der Waals surface area contributed by atoms with Gasteiger partial charge < -0.3 is 19.2 Å². The van der Waals surface area contributed by atoms with Gasteiger partial charge >= 0.3 is 5.97 Å².